The van der Waals surface area contributed by atoms with Crippen molar-refractivity contribution in [3.8, 4) is 0 Å². The van der Waals surface area contributed by atoms with Gasteiger partial charge in [0.1, 0.15) is 5.82 Å². The molecule has 3 N–H and O–H groups in total. The van der Waals surface area contributed by atoms with Gasteiger partial charge >= 0.3 is 0 Å². The maximum Gasteiger partial charge on any atom is 0.224 e. The van der Waals surface area contributed by atoms with E-state index in [9.17, 15) is 9.18 Å². The predicted molar refractivity (Wildman–Crippen MR) is 76.3 cm³/mol. The summed E-state index contributed by atoms with van der Waals surface area (Å²) in [5.41, 5.74) is 6.00. The highest BCUT2D eigenvalue weighted by molar-refractivity contribution is 7.99. The molecule has 0 heterocycles. The molecule has 1 amide bonds. The van der Waals surface area contributed by atoms with Gasteiger partial charge in [0, 0.05) is 12.1 Å². The zero-order valence-corrected chi connectivity index (χ0v) is 11.5. The van der Waals surface area contributed by atoms with Gasteiger partial charge < -0.3 is 11.1 Å². The lowest BCUT2D eigenvalue weighted by atomic mass is 10.2. The van der Waals surface area contributed by atoms with E-state index in [4.69, 9.17) is 5.73 Å². The second kappa shape index (κ2) is 7.26. The van der Waals surface area contributed by atoms with Crippen LogP contribution < -0.4 is 11.1 Å². The van der Waals surface area contributed by atoms with E-state index in [-0.39, 0.29) is 11.6 Å². The summed E-state index contributed by atoms with van der Waals surface area (Å²) in [4.78, 5) is 11.6. The Morgan fingerprint density at radius 3 is 2.83 bits per heavy atom. The number of amides is 1. The standard InChI is InChI=1S/C13H19FN2OS/c1-9(2)18-7-3-4-13(17)16-10-5-6-11(14)12(15)8-10/h5-6,8-9H,3-4,7,15H2,1-2H3,(H,16,17). The Balaban J connectivity index is 2.33. The van der Waals surface area contributed by atoms with Crippen molar-refractivity contribution in [1.82, 2.24) is 0 Å². The van der Waals surface area contributed by atoms with Crippen LogP contribution in [0.4, 0.5) is 15.8 Å². The van der Waals surface area contributed by atoms with Crippen LogP contribution in [0.15, 0.2) is 18.2 Å². The second-order valence-corrected chi connectivity index (χ2v) is 5.99. The molecular formula is C13H19FN2OS. The van der Waals surface area contributed by atoms with Gasteiger partial charge in [-0.05, 0) is 35.6 Å². The number of nitrogens with one attached hydrogen (secondary N) is 1. The van der Waals surface area contributed by atoms with Gasteiger partial charge in [-0.2, -0.15) is 11.8 Å². The third kappa shape index (κ3) is 5.40. The Kier molecular flexibility index (Phi) is 5.98. The maximum absolute atomic E-state index is 12.9. The number of carbonyl (C=O) groups is 1. The molecule has 0 spiro atoms. The molecule has 5 heteroatoms. The molecule has 1 aromatic carbocycles. The minimum atomic E-state index is -0.471. The van der Waals surface area contributed by atoms with Crippen molar-refractivity contribution < 1.29 is 9.18 Å². The first-order valence-corrected chi connectivity index (χ1v) is 7.00. The minimum absolute atomic E-state index is 0.0446. The van der Waals surface area contributed by atoms with Crippen LogP contribution in [0.25, 0.3) is 0 Å². The monoisotopic (exact) mass is 270 g/mol. The number of rotatable bonds is 6. The van der Waals surface area contributed by atoms with E-state index in [1.165, 1.54) is 18.2 Å². The zero-order valence-electron chi connectivity index (χ0n) is 10.7. The summed E-state index contributed by atoms with van der Waals surface area (Å²) >= 11 is 1.83. The van der Waals surface area contributed by atoms with Crippen LogP contribution in [0.2, 0.25) is 0 Å². The largest absolute Gasteiger partial charge is 0.396 e. The Bertz CT molecular complexity index is 410. The maximum atomic E-state index is 12.9. The molecule has 0 atom stereocenters. The van der Waals surface area contributed by atoms with Crippen LogP contribution >= 0.6 is 11.8 Å². The normalized spacial score (nSPS) is 10.7. The molecule has 0 saturated carbocycles. The number of hydrogen-bond donors (Lipinski definition) is 2. The van der Waals surface area contributed by atoms with E-state index in [1.54, 1.807) is 0 Å². The summed E-state index contributed by atoms with van der Waals surface area (Å²) in [5, 5.41) is 3.29. The fourth-order valence-corrected chi connectivity index (χ4v) is 2.18. The van der Waals surface area contributed by atoms with Crippen molar-refractivity contribution in [3.63, 3.8) is 0 Å². The number of carbonyl (C=O) groups excluding carboxylic acids is 1. The smallest absolute Gasteiger partial charge is 0.224 e. The van der Waals surface area contributed by atoms with Gasteiger partial charge in [0.2, 0.25) is 5.91 Å². The molecule has 18 heavy (non-hydrogen) atoms. The van der Waals surface area contributed by atoms with Crippen molar-refractivity contribution in [3.05, 3.63) is 24.0 Å². The average Bonchev–Trinajstić information content (AvgIpc) is 2.29. The van der Waals surface area contributed by atoms with Crippen molar-refractivity contribution in [2.24, 2.45) is 0 Å². The SMILES string of the molecule is CC(C)SCCCC(=O)Nc1ccc(F)c(N)c1. The average molecular weight is 270 g/mol. The van der Waals surface area contributed by atoms with E-state index in [2.05, 4.69) is 19.2 Å². The van der Waals surface area contributed by atoms with Gasteiger partial charge in [-0.1, -0.05) is 13.8 Å². The topological polar surface area (TPSA) is 55.1 Å². The summed E-state index contributed by atoms with van der Waals surface area (Å²) in [6.07, 6.45) is 1.31. The number of halogens is 1. The first-order valence-electron chi connectivity index (χ1n) is 5.95. The molecule has 0 saturated heterocycles. The molecule has 1 aromatic rings. The van der Waals surface area contributed by atoms with E-state index in [1.807, 2.05) is 11.8 Å². The quantitative estimate of drug-likeness (QED) is 0.616. The van der Waals surface area contributed by atoms with Crippen molar-refractivity contribution >= 4 is 29.0 Å². The molecule has 1 rings (SSSR count). The zero-order chi connectivity index (χ0) is 13.5. The van der Waals surface area contributed by atoms with E-state index >= 15 is 0 Å². The predicted octanol–water partition coefficient (Wildman–Crippen LogP) is 3.27. The Morgan fingerprint density at radius 2 is 2.22 bits per heavy atom. The lowest BCUT2D eigenvalue weighted by Crippen LogP contribution is -2.12. The number of nitrogen functional groups attached to an aromatic ring is 1. The Hall–Kier alpha value is -1.23. The van der Waals surface area contributed by atoms with E-state index in [0.29, 0.717) is 17.4 Å². The Morgan fingerprint density at radius 1 is 1.50 bits per heavy atom. The van der Waals surface area contributed by atoms with Crippen LogP contribution in [0.3, 0.4) is 0 Å². The van der Waals surface area contributed by atoms with Gasteiger partial charge in [0.25, 0.3) is 0 Å². The molecule has 0 aromatic heterocycles. The highest BCUT2D eigenvalue weighted by Gasteiger charge is 2.05. The van der Waals surface area contributed by atoms with Crippen LogP contribution in [0.1, 0.15) is 26.7 Å². The van der Waals surface area contributed by atoms with Gasteiger partial charge in [-0.25, -0.2) is 4.39 Å². The molecule has 0 aliphatic carbocycles. The molecular weight excluding hydrogens is 251 g/mol. The van der Waals surface area contributed by atoms with Crippen molar-refractivity contribution in [2.45, 2.75) is 31.9 Å². The molecule has 0 unspecified atom stereocenters. The van der Waals surface area contributed by atoms with Crippen molar-refractivity contribution in [2.75, 3.05) is 16.8 Å². The lowest BCUT2D eigenvalue weighted by molar-refractivity contribution is -0.116. The molecule has 0 bridgehead atoms. The molecule has 0 aliphatic rings. The molecule has 0 fully saturated rings. The summed E-state index contributed by atoms with van der Waals surface area (Å²) < 4.78 is 12.9. The Labute approximate surface area is 111 Å². The second-order valence-electron chi connectivity index (χ2n) is 4.31. The lowest BCUT2D eigenvalue weighted by Gasteiger charge is -2.07. The number of nitrogens with two attached hydrogens (primary N) is 1. The molecule has 100 valence electrons. The van der Waals surface area contributed by atoms with Gasteiger partial charge in [0.05, 0.1) is 5.69 Å². The fraction of sp³-hybridized carbons (Fsp3) is 0.462. The minimum Gasteiger partial charge on any atom is -0.396 e. The van der Waals surface area contributed by atoms with Crippen molar-refractivity contribution in [1.29, 1.82) is 0 Å². The van der Waals surface area contributed by atoms with E-state index < -0.39 is 5.82 Å². The molecule has 3 nitrogen and oxygen atoms in total. The van der Waals surface area contributed by atoms with Gasteiger partial charge in [-0.15, -0.1) is 0 Å². The highest BCUT2D eigenvalue weighted by Crippen LogP contribution is 2.17. The number of hydrogen-bond acceptors (Lipinski definition) is 3. The summed E-state index contributed by atoms with van der Waals surface area (Å²) in [5.74, 6) is 0.433. The molecule has 0 radical (unpaired) electrons. The third-order valence-corrected chi connectivity index (χ3v) is 3.47. The summed E-state index contributed by atoms with van der Waals surface area (Å²) in [6.45, 7) is 4.26. The summed E-state index contributed by atoms with van der Waals surface area (Å²) in [7, 11) is 0. The first kappa shape index (κ1) is 14.8. The summed E-state index contributed by atoms with van der Waals surface area (Å²) in [6, 6.07) is 4.18. The number of benzene rings is 1. The van der Waals surface area contributed by atoms with Crippen LogP contribution in [0, 0.1) is 5.82 Å². The van der Waals surface area contributed by atoms with Crippen LogP contribution in [0.5, 0.6) is 0 Å². The van der Waals surface area contributed by atoms with Gasteiger partial charge in [0.15, 0.2) is 0 Å². The third-order valence-electron chi connectivity index (χ3n) is 2.28. The first-order chi connectivity index (χ1) is 8.49. The fourth-order valence-electron chi connectivity index (χ4n) is 1.40. The van der Waals surface area contributed by atoms with E-state index in [0.717, 1.165) is 12.2 Å². The van der Waals surface area contributed by atoms with Crippen LogP contribution in [-0.2, 0) is 4.79 Å². The van der Waals surface area contributed by atoms with Gasteiger partial charge in [-0.3, -0.25) is 4.79 Å². The highest BCUT2D eigenvalue weighted by atomic mass is 32.2. The molecule has 0 aliphatic heterocycles. The van der Waals surface area contributed by atoms with Crippen LogP contribution in [-0.4, -0.2) is 16.9 Å². The number of thioether (sulfide) groups is 1. The number of anilines is 2.